The quantitative estimate of drug-likeness (QED) is 0.297. The van der Waals surface area contributed by atoms with E-state index in [1.807, 2.05) is 6.92 Å². The van der Waals surface area contributed by atoms with Crippen LogP contribution in [0.2, 0.25) is 0 Å². The third kappa shape index (κ3) is 8.47. The highest BCUT2D eigenvalue weighted by Gasteiger charge is 1.99. The topological polar surface area (TPSA) is 45.8 Å². The highest BCUT2D eigenvalue weighted by atomic mass is 79.9. The number of aromatic nitrogens is 2. The predicted molar refractivity (Wildman–Crippen MR) is 86.4 cm³/mol. The summed E-state index contributed by atoms with van der Waals surface area (Å²) in [6.45, 7) is 1.85. The second-order valence-electron chi connectivity index (χ2n) is 4.70. The van der Waals surface area contributed by atoms with E-state index in [4.69, 9.17) is 0 Å². The standard InChI is InChI=1S/C14H23BrN2OS/c1-12-11-13(18)17-14(16-12)19-10-8-6-4-2-3-5-7-9-15/h11H,2-10H2,1H3,(H,16,17,18). The van der Waals surface area contributed by atoms with Crippen LogP contribution >= 0.6 is 27.7 Å². The van der Waals surface area contributed by atoms with E-state index >= 15 is 0 Å². The van der Waals surface area contributed by atoms with Crippen LogP contribution in [0.5, 0.6) is 0 Å². The minimum atomic E-state index is -0.0539. The molecule has 1 heterocycles. The van der Waals surface area contributed by atoms with Gasteiger partial charge in [0, 0.05) is 22.8 Å². The molecule has 0 saturated heterocycles. The average Bonchev–Trinajstić information content (AvgIpc) is 2.36. The van der Waals surface area contributed by atoms with Crippen molar-refractivity contribution in [2.75, 3.05) is 11.1 Å². The molecule has 0 aliphatic rings. The first-order valence-electron chi connectivity index (χ1n) is 6.99. The molecule has 1 N–H and O–H groups in total. The molecule has 1 rings (SSSR count). The van der Waals surface area contributed by atoms with Crippen molar-refractivity contribution in [3.8, 4) is 0 Å². The first kappa shape index (κ1) is 16.8. The molecular formula is C14H23BrN2OS. The lowest BCUT2D eigenvalue weighted by Gasteiger charge is -2.02. The number of aromatic amines is 1. The minimum Gasteiger partial charge on any atom is -0.301 e. The Labute approximate surface area is 128 Å². The molecule has 0 atom stereocenters. The number of nitrogens with zero attached hydrogens (tertiary/aromatic N) is 1. The lowest BCUT2D eigenvalue weighted by Crippen LogP contribution is -2.08. The van der Waals surface area contributed by atoms with Crippen LogP contribution < -0.4 is 5.56 Å². The van der Waals surface area contributed by atoms with Crippen molar-refractivity contribution in [3.63, 3.8) is 0 Å². The van der Waals surface area contributed by atoms with Crippen molar-refractivity contribution in [2.45, 2.75) is 57.0 Å². The van der Waals surface area contributed by atoms with Gasteiger partial charge >= 0.3 is 0 Å². The highest BCUT2D eigenvalue weighted by molar-refractivity contribution is 9.09. The smallest absolute Gasteiger partial charge is 0.251 e. The summed E-state index contributed by atoms with van der Waals surface area (Å²) in [5.41, 5.74) is 0.736. The molecule has 1 aromatic heterocycles. The third-order valence-corrected chi connectivity index (χ3v) is 4.39. The second-order valence-corrected chi connectivity index (χ2v) is 6.58. The fourth-order valence-electron chi connectivity index (χ4n) is 1.87. The molecule has 1 aromatic rings. The van der Waals surface area contributed by atoms with E-state index in [0.717, 1.165) is 21.9 Å². The maximum absolute atomic E-state index is 11.3. The number of hydrogen-bond acceptors (Lipinski definition) is 3. The van der Waals surface area contributed by atoms with E-state index in [1.165, 1.54) is 51.0 Å². The summed E-state index contributed by atoms with van der Waals surface area (Å²) in [7, 11) is 0. The summed E-state index contributed by atoms with van der Waals surface area (Å²) >= 11 is 5.10. The number of alkyl halides is 1. The van der Waals surface area contributed by atoms with Crippen molar-refractivity contribution in [1.82, 2.24) is 9.97 Å². The van der Waals surface area contributed by atoms with Gasteiger partial charge in [0.05, 0.1) is 0 Å². The Kier molecular flexibility index (Phi) is 9.26. The van der Waals surface area contributed by atoms with Gasteiger partial charge in [-0.15, -0.1) is 0 Å². The first-order chi connectivity index (χ1) is 9.22. The van der Waals surface area contributed by atoms with Gasteiger partial charge in [-0.2, -0.15) is 0 Å². The van der Waals surface area contributed by atoms with Gasteiger partial charge in [-0.1, -0.05) is 59.8 Å². The summed E-state index contributed by atoms with van der Waals surface area (Å²) in [4.78, 5) is 18.3. The largest absolute Gasteiger partial charge is 0.301 e. The number of aryl methyl sites for hydroxylation is 1. The van der Waals surface area contributed by atoms with Crippen molar-refractivity contribution >= 4 is 27.7 Å². The molecule has 0 saturated carbocycles. The molecular weight excluding hydrogens is 324 g/mol. The minimum absolute atomic E-state index is 0.0539. The van der Waals surface area contributed by atoms with Crippen LogP contribution in [0.15, 0.2) is 16.0 Å². The number of H-pyrrole nitrogens is 1. The molecule has 0 spiro atoms. The van der Waals surface area contributed by atoms with Crippen molar-refractivity contribution in [2.24, 2.45) is 0 Å². The Morgan fingerprint density at radius 1 is 1.16 bits per heavy atom. The van der Waals surface area contributed by atoms with Crippen LogP contribution in [0.3, 0.4) is 0 Å². The van der Waals surface area contributed by atoms with E-state index in [1.54, 1.807) is 11.8 Å². The zero-order valence-electron chi connectivity index (χ0n) is 11.6. The number of nitrogens with one attached hydrogen (secondary N) is 1. The molecule has 3 nitrogen and oxygen atoms in total. The third-order valence-electron chi connectivity index (χ3n) is 2.86. The van der Waals surface area contributed by atoms with Gasteiger partial charge in [-0.25, -0.2) is 4.98 Å². The summed E-state index contributed by atoms with van der Waals surface area (Å²) in [6.07, 6.45) is 9.12. The lowest BCUT2D eigenvalue weighted by molar-refractivity contribution is 0.606. The Morgan fingerprint density at radius 2 is 1.79 bits per heavy atom. The number of thioether (sulfide) groups is 1. The van der Waals surface area contributed by atoms with Gasteiger partial charge in [0.1, 0.15) is 0 Å². The van der Waals surface area contributed by atoms with Crippen LogP contribution in [-0.2, 0) is 0 Å². The number of halogens is 1. The zero-order chi connectivity index (χ0) is 13.9. The number of hydrogen-bond donors (Lipinski definition) is 1. The molecule has 0 aliphatic carbocycles. The van der Waals surface area contributed by atoms with Crippen LogP contribution in [0.1, 0.15) is 50.6 Å². The molecule has 108 valence electrons. The number of unbranched alkanes of at least 4 members (excludes halogenated alkanes) is 6. The van der Waals surface area contributed by atoms with Crippen molar-refractivity contribution in [3.05, 3.63) is 22.1 Å². The summed E-state index contributed by atoms with van der Waals surface area (Å²) < 4.78 is 0. The van der Waals surface area contributed by atoms with E-state index in [9.17, 15) is 4.79 Å². The van der Waals surface area contributed by atoms with Gasteiger partial charge < -0.3 is 4.98 Å². The second kappa shape index (κ2) is 10.5. The number of rotatable bonds is 10. The monoisotopic (exact) mass is 346 g/mol. The van der Waals surface area contributed by atoms with Crippen LogP contribution in [0.4, 0.5) is 0 Å². The normalized spacial score (nSPS) is 10.8. The Morgan fingerprint density at radius 3 is 2.42 bits per heavy atom. The van der Waals surface area contributed by atoms with E-state index in [-0.39, 0.29) is 5.56 Å². The average molecular weight is 347 g/mol. The predicted octanol–water partition coefficient (Wildman–Crippen LogP) is 4.30. The van der Waals surface area contributed by atoms with Crippen LogP contribution in [0.25, 0.3) is 0 Å². The lowest BCUT2D eigenvalue weighted by atomic mass is 10.1. The molecule has 19 heavy (non-hydrogen) atoms. The van der Waals surface area contributed by atoms with E-state index in [0.29, 0.717) is 0 Å². The van der Waals surface area contributed by atoms with E-state index < -0.39 is 0 Å². The molecule has 0 unspecified atom stereocenters. The SMILES string of the molecule is Cc1cc(=O)[nH]c(SCCCCCCCCCBr)n1. The van der Waals surface area contributed by atoms with Crippen LogP contribution in [-0.4, -0.2) is 21.1 Å². The fraction of sp³-hybridized carbons (Fsp3) is 0.714. The maximum atomic E-state index is 11.3. The van der Waals surface area contributed by atoms with Gasteiger partial charge in [-0.05, 0) is 19.8 Å². The Hall–Kier alpha value is -0.290. The van der Waals surface area contributed by atoms with Gasteiger partial charge in [-0.3, -0.25) is 4.79 Å². The fourth-order valence-corrected chi connectivity index (χ4v) is 3.19. The van der Waals surface area contributed by atoms with Gasteiger partial charge in [0.25, 0.3) is 5.56 Å². The first-order valence-corrected chi connectivity index (χ1v) is 9.10. The summed E-state index contributed by atoms with van der Waals surface area (Å²) in [5, 5.41) is 1.88. The summed E-state index contributed by atoms with van der Waals surface area (Å²) in [6, 6.07) is 1.52. The zero-order valence-corrected chi connectivity index (χ0v) is 14.0. The molecule has 0 fully saturated rings. The Bertz CT molecular complexity index is 409. The molecule has 0 bridgehead atoms. The molecule has 0 amide bonds. The van der Waals surface area contributed by atoms with E-state index in [2.05, 4.69) is 25.9 Å². The Balaban J connectivity index is 2.03. The van der Waals surface area contributed by atoms with Crippen molar-refractivity contribution in [1.29, 1.82) is 0 Å². The van der Waals surface area contributed by atoms with Gasteiger partial charge in [0.2, 0.25) is 0 Å². The van der Waals surface area contributed by atoms with Gasteiger partial charge in [0.15, 0.2) is 5.16 Å². The van der Waals surface area contributed by atoms with Crippen LogP contribution in [0, 0.1) is 6.92 Å². The maximum Gasteiger partial charge on any atom is 0.251 e. The van der Waals surface area contributed by atoms with Crippen molar-refractivity contribution < 1.29 is 0 Å². The summed E-state index contributed by atoms with van der Waals surface area (Å²) in [5.74, 6) is 1.04. The molecule has 0 radical (unpaired) electrons. The molecule has 0 aromatic carbocycles. The molecule has 5 heteroatoms. The highest BCUT2D eigenvalue weighted by Crippen LogP contribution is 2.15. The molecule has 0 aliphatic heterocycles.